The fourth-order valence-corrected chi connectivity index (χ4v) is 3.19. The molecule has 0 radical (unpaired) electrons. The SMILES string of the molecule is CNC(C(=O)N1CC(C)OC(c2ccccc2)C1)c1cnn(C)c1.Cl. The molecule has 3 unspecified atom stereocenters. The molecular formula is C18H25ClN4O2. The van der Waals surface area contributed by atoms with Gasteiger partial charge in [0.15, 0.2) is 0 Å². The van der Waals surface area contributed by atoms with Crippen LogP contribution in [0, 0.1) is 0 Å². The molecule has 1 saturated heterocycles. The molecule has 1 fully saturated rings. The third-order valence-electron chi connectivity index (χ3n) is 4.34. The van der Waals surface area contributed by atoms with Gasteiger partial charge in [-0.05, 0) is 19.5 Å². The number of rotatable bonds is 4. The van der Waals surface area contributed by atoms with Crippen molar-refractivity contribution in [2.75, 3.05) is 20.1 Å². The van der Waals surface area contributed by atoms with Crippen molar-refractivity contribution in [2.45, 2.75) is 25.2 Å². The molecule has 2 aromatic rings. The molecule has 1 aliphatic rings. The Labute approximate surface area is 154 Å². The Bertz CT molecular complexity index is 691. The van der Waals surface area contributed by atoms with Gasteiger partial charge >= 0.3 is 0 Å². The van der Waals surface area contributed by atoms with Gasteiger partial charge in [0.05, 0.1) is 18.8 Å². The molecule has 7 heteroatoms. The molecule has 6 nitrogen and oxygen atoms in total. The molecule has 0 bridgehead atoms. The lowest BCUT2D eigenvalue weighted by Gasteiger charge is -2.38. The lowest BCUT2D eigenvalue weighted by atomic mass is 10.0. The molecule has 3 rings (SSSR count). The Balaban J connectivity index is 0.00000225. The number of carbonyl (C=O) groups is 1. The standard InChI is InChI=1S/C18H24N4O2.ClH/c1-13-10-22(12-16(24-13)14-7-5-4-6-8-14)18(23)17(19-2)15-9-20-21(3)11-15;/h4-9,11,13,16-17,19H,10,12H2,1-3H3;1H. The summed E-state index contributed by atoms with van der Waals surface area (Å²) in [5, 5.41) is 7.28. The van der Waals surface area contributed by atoms with Crippen LogP contribution in [0.15, 0.2) is 42.7 Å². The molecule has 1 aliphatic heterocycles. The topological polar surface area (TPSA) is 59.4 Å². The summed E-state index contributed by atoms with van der Waals surface area (Å²) in [7, 11) is 3.65. The van der Waals surface area contributed by atoms with Gasteiger partial charge in [-0.2, -0.15) is 5.10 Å². The van der Waals surface area contributed by atoms with E-state index in [0.29, 0.717) is 13.1 Å². The molecular weight excluding hydrogens is 340 g/mol. The zero-order valence-electron chi connectivity index (χ0n) is 14.8. The summed E-state index contributed by atoms with van der Waals surface area (Å²) in [6.45, 7) is 3.17. The van der Waals surface area contributed by atoms with Crippen LogP contribution in [0.25, 0.3) is 0 Å². The second-order valence-corrected chi connectivity index (χ2v) is 6.26. The van der Waals surface area contributed by atoms with Crippen LogP contribution in [0.1, 0.15) is 30.2 Å². The van der Waals surface area contributed by atoms with E-state index in [4.69, 9.17) is 4.74 Å². The second kappa shape index (κ2) is 8.47. The summed E-state index contributed by atoms with van der Waals surface area (Å²) in [4.78, 5) is 14.9. The number of nitrogens with zero attached hydrogens (tertiary/aromatic N) is 3. The van der Waals surface area contributed by atoms with Crippen LogP contribution < -0.4 is 5.32 Å². The van der Waals surface area contributed by atoms with E-state index in [0.717, 1.165) is 11.1 Å². The van der Waals surface area contributed by atoms with E-state index in [-0.39, 0.29) is 36.6 Å². The molecule has 25 heavy (non-hydrogen) atoms. The minimum Gasteiger partial charge on any atom is -0.367 e. The van der Waals surface area contributed by atoms with Crippen molar-refractivity contribution in [1.82, 2.24) is 20.0 Å². The molecule has 1 amide bonds. The van der Waals surface area contributed by atoms with Gasteiger partial charge in [0, 0.05) is 25.4 Å². The summed E-state index contributed by atoms with van der Waals surface area (Å²) in [5.74, 6) is 0.0570. The van der Waals surface area contributed by atoms with Gasteiger partial charge in [-0.15, -0.1) is 12.4 Å². The van der Waals surface area contributed by atoms with Crippen molar-refractivity contribution in [3.8, 4) is 0 Å². The summed E-state index contributed by atoms with van der Waals surface area (Å²) >= 11 is 0. The molecule has 1 aromatic carbocycles. The average Bonchev–Trinajstić information content (AvgIpc) is 3.02. The molecule has 0 aliphatic carbocycles. The van der Waals surface area contributed by atoms with Crippen LogP contribution in [0.4, 0.5) is 0 Å². The van der Waals surface area contributed by atoms with Crippen LogP contribution in [-0.4, -0.2) is 46.8 Å². The first-order valence-corrected chi connectivity index (χ1v) is 8.23. The smallest absolute Gasteiger partial charge is 0.244 e. The molecule has 0 spiro atoms. The summed E-state index contributed by atoms with van der Waals surface area (Å²) < 4.78 is 7.76. The van der Waals surface area contributed by atoms with Crippen molar-refractivity contribution in [3.63, 3.8) is 0 Å². The Kier molecular flexibility index (Phi) is 6.58. The van der Waals surface area contributed by atoms with Crippen LogP contribution in [-0.2, 0) is 16.6 Å². The molecule has 136 valence electrons. The number of halogens is 1. The number of hydrogen-bond donors (Lipinski definition) is 1. The summed E-state index contributed by atoms with van der Waals surface area (Å²) in [6.07, 6.45) is 3.51. The minimum absolute atomic E-state index is 0. The summed E-state index contributed by atoms with van der Waals surface area (Å²) in [5.41, 5.74) is 1.98. The molecule has 0 saturated carbocycles. The Morgan fingerprint density at radius 2 is 2.04 bits per heavy atom. The van der Waals surface area contributed by atoms with Crippen LogP contribution in [0.5, 0.6) is 0 Å². The number of morpholine rings is 1. The maximum Gasteiger partial charge on any atom is 0.244 e. The third-order valence-corrected chi connectivity index (χ3v) is 4.34. The number of amides is 1. The lowest BCUT2D eigenvalue weighted by molar-refractivity contribution is -0.147. The monoisotopic (exact) mass is 364 g/mol. The van der Waals surface area contributed by atoms with E-state index >= 15 is 0 Å². The predicted octanol–water partition coefficient (Wildman–Crippen LogP) is 2.09. The lowest BCUT2D eigenvalue weighted by Crippen LogP contribution is -2.49. The normalized spacial score (nSPS) is 21.5. The number of nitrogens with one attached hydrogen (secondary N) is 1. The molecule has 1 aromatic heterocycles. The number of carbonyl (C=O) groups excluding carboxylic acids is 1. The maximum atomic E-state index is 13.0. The number of likely N-dealkylation sites (N-methyl/N-ethyl adjacent to an activating group) is 1. The first-order valence-electron chi connectivity index (χ1n) is 8.23. The third kappa shape index (κ3) is 4.39. The second-order valence-electron chi connectivity index (χ2n) is 6.26. The minimum atomic E-state index is -0.388. The highest BCUT2D eigenvalue weighted by molar-refractivity contribution is 5.85. The highest BCUT2D eigenvalue weighted by atomic mass is 35.5. The fourth-order valence-electron chi connectivity index (χ4n) is 3.19. The highest BCUT2D eigenvalue weighted by Crippen LogP contribution is 2.27. The van der Waals surface area contributed by atoms with Crippen LogP contribution >= 0.6 is 12.4 Å². The van der Waals surface area contributed by atoms with Crippen LogP contribution in [0.3, 0.4) is 0 Å². The average molecular weight is 365 g/mol. The fraction of sp³-hybridized carbons (Fsp3) is 0.444. The predicted molar refractivity (Wildman–Crippen MR) is 98.6 cm³/mol. The number of benzene rings is 1. The van der Waals surface area contributed by atoms with Gasteiger partial charge in [0.2, 0.25) is 5.91 Å². The van der Waals surface area contributed by atoms with E-state index in [9.17, 15) is 4.79 Å². The van der Waals surface area contributed by atoms with Gasteiger partial charge in [-0.1, -0.05) is 30.3 Å². The van der Waals surface area contributed by atoms with Crippen molar-refractivity contribution in [1.29, 1.82) is 0 Å². The number of ether oxygens (including phenoxy) is 1. The zero-order valence-corrected chi connectivity index (χ0v) is 15.6. The molecule has 3 atom stereocenters. The van der Waals surface area contributed by atoms with Crippen LogP contribution in [0.2, 0.25) is 0 Å². The van der Waals surface area contributed by atoms with E-state index in [1.165, 1.54) is 0 Å². The van der Waals surface area contributed by atoms with E-state index in [1.54, 1.807) is 17.9 Å². The van der Waals surface area contributed by atoms with E-state index < -0.39 is 0 Å². The van der Waals surface area contributed by atoms with Gasteiger partial charge in [-0.25, -0.2) is 0 Å². The van der Waals surface area contributed by atoms with Gasteiger partial charge in [0.1, 0.15) is 12.1 Å². The Morgan fingerprint density at radius 1 is 1.32 bits per heavy atom. The number of aryl methyl sites for hydroxylation is 1. The van der Waals surface area contributed by atoms with Crippen molar-refractivity contribution < 1.29 is 9.53 Å². The summed E-state index contributed by atoms with van der Waals surface area (Å²) in [6, 6.07) is 9.68. The quantitative estimate of drug-likeness (QED) is 0.902. The van der Waals surface area contributed by atoms with Gasteiger partial charge < -0.3 is 15.0 Å². The van der Waals surface area contributed by atoms with Crippen molar-refractivity contribution in [2.24, 2.45) is 7.05 Å². The zero-order chi connectivity index (χ0) is 17.1. The number of aromatic nitrogens is 2. The van der Waals surface area contributed by atoms with Gasteiger partial charge in [-0.3, -0.25) is 9.48 Å². The first-order chi connectivity index (χ1) is 11.6. The number of hydrogen-bond acceptors (Lipinski definition) is 4. The first kappa shape index (κ1) is 19.4. The van der Waals surface area contributed by atoms with Crippen molar-refractivity contribution >= 4 is 18.3 Å². The van der Waals surface area contributed by atoms with Crippen molar-refractivity contribution in [3.05, 3.63) is 53.9 Å². The largest absolute Gasteiger partial charge is 0.367 e. The molecule has 2 heterocycles. The van der Waals surface area contributed by atoms with Gasteiger partial charge in [0.25, 0.3) is 0 Å². The Hall–Kier alpha value is -1.89. The Morgan fingerprint density at radius 3 is 2.64 bits per heavy atom. The van der Waals surface area contributed by atoms with E-state index in [1.807, 2.05) is 55.4 Å². The van der Waals surface area contributed by atoms with E-state index in [2.05, 4.69) is 10.4 Å². The highest BCUT2D eigenvalue weighted by Gasteiger charge is 2.33. The maximum absolute atomic E-state index is 13.0. The molecule has 1 N–H and O–H groups in total.